The van der Waals surface area contributed by atoms with E-state index in [-0.39, 0.29) is 37.9 Å². The van der Waals surface area contributed by atoms with E-state index in [1.165, 1.54) is 22.2 Å². The zero-order valence-corrected chi connectivity index (χ0v) is 12.9. The summed E-state index contributed by atoms with van der Waals surface area (Å²) >= 11 is 1.33. The van der Waals surface area contributed by atoms with Crippen molar-refractivity contribution in [3.63, 3.8) is 0 Å². The van der Waals surface area contributed by atoms with Crippen molar-refractivity contribution >= 4 is 29.1 Å². The van der Waals surface area contributed by atoms with Crippen LogP contribution in [0.25, 0.3) is 0 Å². The van der Waals surface area contributed by atoms with E-state index in [4.69, 9.17) is 5.11 Å². The molecule has 2 aromatic rings. The van der Waals surface area contributed by atoms with Crippen molar-refractivity contribution in [1.29, 1.82) is 0 Å². The highest BCUT2D eigenvalue weighted by Gasteiger charge is 2.08. The lowest BCUT2D eigenvalue weighted by atomic mass is 10.3. The van der Waals surface area contributed by atoms with Gasteiger partial charge in [-0.2, -0.15) is 0 Å². The van der Waals surface area contributed by atoms with Gasteiger partial charge >= 0.3 is 5.97 Å². The topological polar surface area (TPSA) is 126 Å². The van der Waals surface area contributed by atoms with Crippen LogP contribution in [-0.2, 0) is 22.7 Å². The van der Waals surface area contributed by atoms with Gasteiger partial charge in [0.2, 0.25) is 5.91 Å². The van der Waals surface area contributed by atoms with Crippen LogP contribution >= 0.6 is 11.3 Å². The minimum absolute atomic E-state index is 0.139. The van der Waals surface area contributed by atoms with Crippen molar-refractivity contribution in [2.45, 2.75) is 19.5 Å². The average Bonchev–Trinajstić information content (AvgIpc) is 3.16. The first-order valence-electron chi connectivity index (χ1n) is 6.74. The molecule has 3 N–H and O–H groups in total. The lowest BCUT2D eigenvalue weighted by Crippen LogP contribution is -2.30. The molecule has 0 fully saturated rings. The van der Waals surface area contributed by atoms with Gasteiger partial charge in [0, 0.05) is 13.0 Å². The van der Waals surface area contributed by atoms with Gasteiger partial charge in [-0.1, -0.05) is 11.3 Å². The van der Waals surface area contributed by atoms with Crippen LogP contribution < -0.4 is 10.6 Å². The highest BCUT2D eigenvalue weighted by atomic mass is 32.1. The number of rotatable bonds is 8. The normalized spacial score (nSPS) is 10.3. The van der Waals surface area contributed by atoms with Gasteiger partial charge in [-0.3, -0.25) is 14.4 Å². The molecule has 0 radical (unpaired) electrons. The molecule has 23 heavy (non-hydrogen) atoms. The quantitative estimate of drug-likeness (QED) is 0.615. The minimum Gasteiger partial charge on any atom is -0.480 e. The Kier molecular flexibility index (Phi) is 5.80. The molecule has 0 aromatic carbocycles. The molecule has 0 aliphatic rings. The molecule has 2 rings (SSSR count). The molecule has 0 atom stereocenters. The maximum absolute atomic E-state index is 11.7. The van der Waals surface area contributed by atoms with Crippen LogP contribution in [0.15, 0.2) is 23.7 Å². The Balaban J connectivity index is 1.66. The van der Waals surface area contributed by atoms with Crippen molar-refractivity contribution in [2.24, 2.45) is 0 Å². The van der Waals surface area contributed by atoms with Gasteiger partial charge in [-0.05, 0) is 11.4 Å². The van der Waals surface area contributed by atoms with Crippen LogP contribution in [0.4, 0.5) is 0 Å². The molecule has 2 heterocycles. The Morgan fingerprint density at radius 1 is 1.30 bits per heavy atom. The Morgan fingerprint density at radius 2 is 2.13 bits per heavy atom. The van der Waals surface area contributed by atoms with Crippen molar-refractivity contribution in [1.82, 2.24) is 25.6 Å². The molecule has 0 spiro atoms. The monoisotopic (exact) mass is 337 g/mol. The summed E-state index contributed by atoms with van der Waals surface area (Å²) < 4.78 is 1.17. The lowest BCUT2D eigenvalue weighted by molar-refractivity contribution is -0.138. The first-order chi connectivity index (χ1) is 11.0. The second kappa shape index (κ2) is 8.03. The van der Waals surface area contributed by atoms with E-state index < -0.39 is 5.97 Å². The standard InChI is InChI=1S/C13H15N5O4S/c19-11(3-4-14-13(22)10-2-1-5-23-10)15-6-9-7-18(17-16-9)8-12(20)21/h1-2,5,7H,3-4,6,8H2,(H,14,22)(H,15,19)(H,20,21). The van der Waals surface area contributed by atoms with Gasteiger partial charge in [0.1, 0.15) is 12.2 Å². The van der Waals surface area contributed by atoms with Gasteiger partial charge in [0.05, 0.1) is 17.6 Å². The fourth-order valence-electron chi connectivity index (χ4n) is 1.70. The summed E-state index contributed by atoms with van der Waals surface area (Å²) in [6, 6.07) is 3.49. The number of hydrogen-bond acceptors (Lipinski definition) is 6. The van der Waals surface area contributed by atoms with Gasteiger partial charge in [-0.25, -0.2) is 4.68 Å². The first-order valence-corrected chi connectivity index (χ1v) is 7.62. The zero-order chi connectivity index (χ0) is 16.7. The molecule has 122 valence electrons. The summed E-state index contributed by atoms with van der Waals surface area (Å²) in [5, 5.41) is 23.1. The highest BCUT2D eigenvalue weighted by molar-refractivity contribution is 7.12. The SMILES string of the molecule is O=C(O)Cn1cc(CNC(=O)CCNC(=O)c2cccs2)nn1. The maximum atomic E-state index is 11.7. The number of aromatic nitrogens is 3. The lowest BCUT2D eigenvalue weighted by Gasteiger charge is -2.04. The number of thiophene rings is 1. The molecular formula is C13H15N5O4S. The van der Waals surface area contributed by atoms with E-state index in [2.05, 4.69) is 20.9 Å². The number of aliphatic carboxylic acids is 1. The molecule has 0 saturated heterocycles. The summed E-state index contributed by atoms with van der Waals surface area (Å²) in [7, 11) is 0. The number of carboxylic acids is 1. The van der Waals surface area contributed by atoms with Gasteiger partial charge < -0.3 is 15.7 Å². The third kappa shape index (κ3) is 5.51. The second-order valence-corrected chi connectivity index (χ2v) is 5.51. The van der Waals surface area contributed by atoms with Crippen LogP contribution in [0, 0.1) is 0 Å². The number of carbonyl (C=O) groups is 3. The molecule has 2 aromatic heterocycles. The van der Waals surface area contributed by atoms with Crippen molar-refractivity contribution in [3.05, 3.63) is 34.3 Å². The second-order valence-electron chi connectivity index (χ2n) is 4.56. The molecular weight excluding hydrogens is 322 g/mol. The van der Waals surface area contributed by atoms with E-state index in [9.17, 15) is 14.4 Å². The van der Waals surface area contributed by atoms with Crippen molar-refractivity contribution in [3.8, 4) is 0 Å². The minimum atomic E-state index is -1.02. The van der Waals surface area contributed by atoms with Crippen LogP contribution in [0.5, 0.6) is 0 Å². The number of hydrogen-bond donors (Lipinski definition) is 3. The number of carboxylic acid groups (broad SMARTS) is 1. The van der Waals surface area contributed by atoms with Crippen molar-refractivity contribution < 1.29 is 19.5 Å². The predicted octanol–water partition coefficient (Wildman–Crippen LogP) is -0.139. The summed E-state index contributed by atoms with van der Waals surface area (Å²) in [5.74, 6) is -1.47. The summed E-state index contributed by atoms with van der Waals surface area (Å²) in [5.41, 5.74) is 0.460. The Labute approximate surface area is 135 Å². The third-order valence-electron chi connectivity index (χ3n) is 2.73. The Morgan fingerprint density at radius 3 is 2.83 bits per heavy atom. The Bertz CT molecular complexity index is 682. The number of nitrogens with zero attached hydrogens (tertiary/aromatic N) is 3. The first kappa shape index (κ1) is 16.6. The smallest absolute Gasteiger partial charge is 0.325 e. The van der Waals surface area contributed by atoms with Crippen LogP contribution in [0.3, 0.4) is 0 Å². The van der Waals surface area contributed by atoms with E-state index >= 15 is 0 Å². The van der Waals surface area contributed by atoms with Crippen LogP contribution in [-0.4, -0.2) is 44.4 Å². The maximum Gasteiger partial charge on any atom is 0.325 e. The largest absolute Gasteiger partial charge is 0.480 e. The van der Waals surface area contributed by atoms with Gasteiger partial charge in [-0.15, -0.1) is 16.4 Å². The van der Waals surface area contributed by atoms with E-state index in [0.29, 0.717) is 10.6 Å². The number of nitrogens with one attached hydrogen (secondary N) is 2. The van der Waals surface area contributed by atoms with E-state index in [0.717, 1.165) is 0 Å². The van der Waals surface area contributed by atoms with Gasteiger partial charge in [0.15, 0.2) is 0 Å². The fourth-order valence-corrected chi connectivity index (χ4v) is 2.34. The predicted molar refractivity (Wildman–Crippen MR) is 80.8 cm³/mol. The molecule has 0 saturated carbocycles. The van der Waals surface area contributed by atoms with Gasteiger partial charge in [0.25, 0.3) is 5.91 Å². The molecule has 2 amide bonds. The molecule has 0 aliphatic heterocycles. The Hall–Kier alpha value is -2.75. The molecule has 10 heteroatoms. The summed E-state index contributed by atoms with van der Waals surface area (Å²) in [6.07, 6.45) is 1.59. The zero-order valence-electron chi connectivity index (χ0n) is 12.1. The molecule has 0 aliphatic carbocycles. The highest BCUT2D eigenvalue weighted by Crippen LogP contribution is 2.07. The van der Waals surface area contributed by atoms with Crippen LogP contribution in [0.1, 0.15) is 21.8 Å². The molecule has 0 bridgehead atoms. The van der Waals surface area contributed by atoms with Crippen LogP contribution in [0.2, 0.25) is 0 Å². The average molecular weight is 337 g/mol. The summed E-state index contributed by atoms with van der Waals surface area (Å²) in [6.45, 7) is 0.0985. The number of amides is 2. The van der Waals surface area contributed by atoms with E-state index in [1.54, 1.807) is 17.5 Å². The summed E-state index contributed by atoms with van der Waals surface area (Å²) in [4.78, 5) is 34.4. The molecule has 0 unspecified atom stereocenters. The van der Waals surface area contributed by atoms with Crippen molar-refractivity contribution in [2.75, 3.05) is 6.54 Å². The number of carbonyl (C=O) groups excluding carboxylic acids is 2. The van der Waals surface area contributed by atoms with E-state index in [1.807, 2.05) is 0 Å². The molecule has 9 nitrogen and oxygen atoms in total. The third-order valence-corrected chi connectivity index (χ3v) is 3.60. The fraction of sp³-hybridized carbons (Fsp3) is 0.308.